The zero-order valence-corrected chi connectivity index (χ0v) is 17.0. The minimum atomic E-state index is -0.134. The number of hydrogen-bond donors (Lipinski definition) is 0. The Kier molecular flexibility index (Phi) is 5.56. The summed E-state index contributed by atoms with van der Waals surface area (Å²) < 4.78 is 15.9. The zero-order chi connectivity index (χ0) is 20.4. The van der Waals surface area contributed by atoms with Gasteiger partial charge in [0.15, 0.2) is 11.5 Å². The molecule has 0 saturated heterocycles. The van der Waals surface area contributed by atoms with E-state index in [9.17, 15) is 4.79 Å². The Morgan fingerprint density at radius 3 is 2.79 bits per heavy atom. The standard InChI is InChI=1S/C22H21ClN2O4/c1-14-3-5-18-16(7-14)9-17(22(23)24-18)11-25(21(26)12-27-2)10-15-4-6-19-20(8-15)29-13-28-19/h3-9H,10-13H2,1-2H3. The van der Waals surface area contributed by atoms with Crippen molar-refractivity contribution in [2.75, 3.05) is 20.5 Å². The number of benzene rings is 2. The van der Waals surface area contributed by atoms with Crippen molar-refractivity contribution in [3.05, 3.63) is 64.3 Å². The summed E-state index contributed by atoms with van der Waals surface area (Å²) in [4.78, 5) is 18.9. The van der Waals surface area contributed by atoms with Crippen molar-refractivity contribution in [2.24, 2.45) is 0 Å². The fourth-order valence-electron chi connectivity index (χ4n) is 3.34. The Hall–Kier alpha value is -2.83. The molecule has 0 N–H and O–H groups in total. The number of nitrogens with zero attached hydrogens (tertiary/aromatic N) is 2. The third-order valence-corrected chi connectivity index (χ3v) is 5.12. The highest BCUT2D eigenvalue weighted by Gasteiger charge is 2.19. The number of hydrogen-bond acceptors (Lipinski definition) is 5. The van der Waals surface area contributed by atoms with Crippen LogP contribution in [0.2, 0.25) is 5.15 Å². The van der Waals surface area contributed by atoms with Crippen LogP contribution in [-0.2, 0) is 22.6 Å². The number of methoxy groups -OCH3 is 1. The van der Waals surface area contributed by atoms with Crippen molar-refractivity contribution in [3.63, 3.8) is 0 Å². The monoisotopic (exact) mass is 412 g/mol. The lowest BCUT2D eigenvalue weighted by molar-refractivity contribution is -0.136. The van der Waals surface area contributed by atoms with E-state index in [1.54, 1.807) is 4.90 Å². The average molecular weight is 413 g/mol. The maximum Gasteiger partial charge on any atom is 0.249 e. The molecule has 0 fully saturated rings. The lowest BCUT2D eigenvalue weighted by Gasteiger charge is -2.23. The lowest BCUT2D eigenvalue weighted by Crippen LogP contribution is -2.33. The number of fused-ring (bicyclic) bond motifs is 2. The second-order valence-electron chi connectivity index (χ2n) is 7.00. The molecule has 0 bridgehead atoms. The summed E-state index contributed by atoms with van der Waals surface area (Å²) in [7, 11) is 1.50. The van der Waals surface area contributed by atoms with E-state index in [1.807, 2.05) is 43.3 Å². The first kappa shape index (κ1) is 19.5. The second-order valence-corrected chi connectivity index (χ2v) is 7.36. The molecule has 1 aliphatic heterocycles. The Bertz CT molecular complexity index is 1070. The van der Waals surface area contributed by atoms with Crippen LogP contribution in [0.4, 0.5) is 0 Å². The van der Waals surface area contributed by atoms with E-state index in [0.717, 1.165) is 27.6 Å². The molecule has 150 valence electrons. The minimum Gasteiger partial charge on any atom is -0.454 e. The van der Waals surface area contributed by atoms with Gasteiger partial charge in [-0.15, -0.1) is 0 Å². The molecular weight excluding hydrogens is 392 g/mol. The number of carbonyl (C=O) groups is 1. The maximum atomic E-state index is 12.7. The summed E-state index contributed by atoms with van der Waals surface area (Å²) in [5, 5.41) is 1.38. The van der Waals surface area contributed by atoms with Gasteiger partial charge in [0.2, 0.25) is 12.7 Å². The molecule has 1 aromatic heterocycles. The van der Waals surface area contributed by atoms with E-state index in [2.05, 4.69) is 11.1 Å². The van der Waals surface area contributed by atoms with Crippen molar-refractivity contribution in [1.29, 1.82) is 0 Å². The van der Waals surface area contributed by atoms with Crippen LogP contribution in [0.5, 0.6) is 11.5 Å². The largest absolute Gasteiger partial charge is 0.454 e. The Labute approximate surface area is 174 Å². The van der Waals surface area contributed by atoms with Crippen LogP contribution < -0.4 is 9.47 Å². The van der Waals surface area contributed by atoms with Gasteiger partial charge in [0.25, 0.3) is 0 Å². The minimum absolute atomic E-state index is 0.0116. The molecule has 0 spiro atoms. The van der Waals surface area contributed by atoms with Crippen LogP contribution in [0.15, 0.2) is 42.5 Å². The van der Waals surface area contributed by atoms with E-state index in [0.29, 0.717) is 29.7 Å². The second kappa shape index (κ2) is 8.27. The molecule has 4 rings (SSSR count). The number of pyridine rings is 1. The van der Waals surface area contributed by atoms with Gasteiger partial charge in [0.1, 0.15) is 11.8 Å². The predicted octanol–water partition coefficient (Wildman–Crippen LogP) is 4.10. The number of rotatable bonds is 6. The van der Waals surface area contributed by atoms with Gasteiger partial charge in [-0.05, 0) is 42.8 Å². The van der Waals surface area contributed by atoms with Crippen LogP contribution in [0.25, 0.3) is 10.9 Å². The molecule has 2 heterocycles. The molecule has 0 saturated carbocycles. The number of carbonyl (C=O) groups excluding carboxylic acids is 1. The summed E-state index contributed by atoms with van der Waals surface area (Å²) in [5.74, 6) is 1.26. The van der Waals surface area contributed by atoms with Crippen molar-refractivity contribution >= 4 is 28.4 Å². The number of halogens is 1. The van der Waals surface area contributed by atoms with Gasteiger partial charge >= 0.3 is 0 Å². The average Bonchev–Trinajstić information content (AvgIpc) is 3.16. The SMILES string of the molecule is COCC(=O)N(Cc1ccc2c(c1)OCO2)Cc1cc2cc(C)ccc2nc1Cl. The van der Waals surface area contributed by atoms with Crippen molar-refractivity contribution < 1.29 is 19.0 Å². The molecule has 6 nitrogen and oxygen atoms in total. The van der Waals surface area contributed by atoms with E-state index in [-0.39, 0.29) is 19.3 Å². The van der Waals surface area contributed by atoms with Gasteiger partial charge in [0, 0.05) is 31.1 Å². The highest BCUT2D eigenvalue weighted by molar-refractivity contribution is 6.30. The summed E-state index contributed by atoms with van der Waals surface area (Å²) >= 11 is 6.43. The molecule has 0 atom stereocenters. The fourth-order valence-corrected chi connectivity index (χ4v) is 3.54. The smallest absolute Gasteiger partial charge is 0.249 e. The van der Waals surface area contributed by atoms with Gasteiger partial charge in [-0.1, -0.05) is 29.3 Å². The van der Waals surface area contributed by atoms with Crippen LogP contribution in [0.3, 0.4) is 0 Å². The van der Waals surface area contributed by atoms with Crippen molar-refractivity contribution in [2.45, 2.75) is 20.0 Å². The molecule has 0 aliphatic carbocycles. The highest BCUT2D eigenvalue weighted by Crippen LogP contribution is 2.33. The van der Waals surface area contributed by atoms with Crippen molar-refractivity contribution in [1.82, 2.24) is 9.88 Å². The topological polar surface area (TPSA) is 60.9 Å². The third kappa shape index (κ3) is 4.28. The summed E-state index contributed by atoms with van der Waals surface area (Å²) in [5.41, 5.74) is 3.68. The molecule has 29 heavy (non-hydrogen) atoms. The van der Waals surface area contributed by atoms with E-state index in [1.165, 1.54) is 7.11 Å². The van der Waals surface area contributed by atoms with Gasteiger partial charge in [0.05, 0.1) is 5.52 Å². The van der Waals surface area contributed by atoms with E-state index >= 15 is 0 Å². The Morgan fingerprint density at radius 2 is 1.97 bits per heavy atom. The molecule has 2 aromatic carbocycles. The lowest BCUT2D eigenvalue weighted by atomic mass is 10.1. The molecule has 3 aromatic rings. The fraction of sp³-hybridized carbons (Fsp3) is 0.273. The Morgan fingerprint density at radius 1 is 1.14 bits per heavy atom. The van der Waals surface area contributed by atoms with E-state index < -0.39 is 0 Å². The quantitative estimate of drug-likeness (QED) is 0.570. The van der Waals surface area contributed by atoms with Crippen LogP contribution in [0, 0.1) is 6.92 Å². The van der Waals surface area contributed by atoms with Crippen LogP contribution >= 0.6 is 11.6 Å². The molecule has 1 aliphatic rings. The molecule has 0 radical (unpaired) electrons. The molecule has 0 unspecified atom stereocenters. The summed E-state index contributed by atoms with van der Waals surface area (Å²) in [6.45, 7) is 2.94. The van der Waals surface area contributed by atoms with Gasteiger partial charge in [-0.2, -0.15) is 0 Å². The number of ether oxygens (including phenoxy) is 3. The number of amides is 1. The number of aromatic nitrogens is 1. The molecule has 7 heteroatoms. The number of aryl methyl sites for hydroxylation is 1. The van der Waals surface area contributed by atoms with Crippen LogP contribution in [-0.4, -0.2) is 36.3 Å². The summed E-state index contributed by atoms with van der Waals surface area (Å²) in [6.07, 6.45) is 0. The van der Waals surface area contributed by atoms with Gasteiger partial charge < -0.3 is 19.1 Å². The third-order valence-electron chi connectivity index (χ3n) is 4.79. The predicted molar refractivity (Wildman–Crippen MR) is 110 cm³/mol. The van der Waals surface area contributed by atoms with Crippen molar-refractivity contribution in [3.8, 4) is 11.5 Å². The van der Waals surface area contributed by atoms with Gasteiger partial charge in [-0.3, -0.25) is 4.79 Å². The summed E-state index contributed by atoms with van der Waals surface area (Å²) in [6, 6.07) is 13.7. The zero-order valence-electron chi connectivity index (χ0n) is 16.3. The first-order valence-corrected chi connectivity index (χ1v) is 9.62. The maximum absolute atomic E-state index is 12.7. The first-order valence-electron chi connectivity index (χ1n) is 9.24. The van der Waals surface area contributed by atoms with E-state index in [4.69, 9.17) is 25.8 Å². The molecule has 1 amide bonds. The first-order chi connectivity index (χ1) is 14.0. The highest BCUT2D eigenvalue weighted by atomic mass is 35.5. The van der Waals surface area contributed by atoms with Crippen LogP contribution in [0.1, 0.15) is 16.7 Å². The van der Waals surface area contributed by atoms with Gasteiger partial charge in [-0.25, -0.2) is 4.98 Å². The normalized spacial score (nSPS) is 12.4. The Balaban J connectivity index is 1.62. The molecular formula is C22H21ClN2O4.